The molecular formula is C14H14ClFN2O3. The van der Waals surface area contributed by atoms with Gasteiger partial charge in [-0.15, -0.1) is 10.2 Å². The van der Waals surface area contributed by atoms with Gasteiger partial charge in [0.2, 0.25) is 5.89 Å². The molecule has 0 spiro atoms. The fraction of sp³-hybridized carbons (Fsp3) is 0.357. The summed E-state index contributed by atoms with van der Waals surface area (Å²) in [6.07, 6.45) is 0.265. The molecule has 0 radical (unpaired) electrons. The van der Waals surface area contributed by atoms with Crippen molar-refractivity contribution in [2.24, 2.45) is 5.41 Å². The van der Waals surface area contributed by atoms with Crippen LogP contribution in [0.3, 0.4) is 0 Å². The van der Waals surface area contributed by atoms with Crippen LogP contribution in [0.2, 0.25) is 5.02 Å². The highest BCUT2D eigenvalue weighted by Gasteiger charge is 2.25. The Morgan fingerprint density at radius 1 is 1.43 bits per heavy atom. The number of hydrogen-bond donors (Lipinski definition) is 1. The highest BCUT2D eigenvalue weighted by molar-refractivity contribution is 6.30. The monoisotopic (exact) mass is 312 g/mol. The van der Waals surface area contributed by atoms with E-state index < -0.39 is 17.2 Å². The summed E-state index contributed by atoms with van der Waals surface area (Å²) in [5.74, 6) is -1.14. The van der Waals surface area contributed by atoms with Crippen molar-refractivity contribution in [1.29, 1.82) is 0 Å². The molecular weight excluding hydrogens is 299 g/mol. The number of nitrogens with zero attached hydrogens (tertiary/aromatic N) is 2. The molecule has 1 aromatic heterocycles. The zero-order chi connectivity index (χ0) is 15.6. The molecule has 0 aliphatic carbocycles. The van der Waals surface area contributed by atoms with Gasteiger partial charge in [-0.2, -0.15) is 0 Å². The van der Waals surface area contributed by atoms with Crippen LogP contribution in [0, 0.1) is 11.2 Å². The number of benzene rings is 1. The number of halogens is 2. The minimum absolute atomic E-state index is 0.0278. The quantitative estimate of drug-likeness (QED) is 0.913. The second-order valence-electron chi connectivity index (χ2n) is 5.54. The first kappa shape index (κ1) is 15.4. The van der Waals surface area contributed by atoms with Crippen LogP contribution in [0.5, 0.6) is 0 Å². The Morgan fingerprint density at radius 2 is 2.14 bits per heavy atom. The number of aromatic nitrogens is 2. The molecule has 7 heteroatoms. The number of carbonyl (C=O) groups is 1. The Bertz CT molecular complexity index is 670. The van der Waals surface area contributed by atoms with Crippen LogP contribution in [0.1, 0.15) is 26.2 Å². The van der Waals surface area contributed by atoms with Gasteiger partial charge in [0, 0.05) is 11.4 Å². The van der Waals surface area contributed by atoms with Crippen LogP contribution in [-0.4, -0.2) is 21.3 Å². The number of rotatable bonds is 5. The Labute approximate surface area is 125 Å². The van der Waals surface area contributed by atoms with Gasteiger partial charge >= 0.3 is 5.97 Å². The molecule has 0 bridgehead atoms. The predicted octanol–water partition coefficient (Wildman–Crippen LogP) is 3.57. The number of carboxylic acid groups (broad SMARTS) is 1. The molecule has 1 aromatic carbocycles. The fourth-order valence-electron chi connectivity index (χ4n) is 1.98. The topological polar surface area (TPSA) is 76.2 Å². The minimum atomic E-state index is -0.900. The van der Waals surface area contributed by atoms with E-state index in [1.54, 1.807) is 13.8 Å². The lowest BCUT2D eigenvalue weighted by atomic mass is 9.86. The third-order valence-electron chi connectivity index (χ3n) is 2.89. The minimum Gasteiger partial charge on any atom is -0.481 e. The van der Waals surface area contributed by atoms with Crippen molar-refractivity contribution in [2.75, 3.05) is 0 Å². The molecule has 0 amide bonds. The lowest BCUT2D eigenvalue weighted by molar-refractivity contribution is -0.139. The van der Waals surface area contributed by atoms with Crippen LogP contribution < -0.4 is 0 Å². The first-order valence-electron chi connectivity index (χ1n) is 6.26. The van der Waals surface area contributed by atoms with E-state index in [4.69, 9.17) is 21.1 Å². The summed E-state index contributed by atoms with van der Waals surface area (Å²) in [6.45, 7) is 3.57. The molecule has 0 saturated heterocycles. The highest BCUT2D eigenvalue weighted by atomic mass is 35.5. The number of carboxylic acids is 1. The molecule has 0 aliphatic heterocycles. The van der Waals surface area contributed by atoms with Gasteiger partial charge in [-0.05, 0) is 23.6 Å². The van der Waals surface area contributed by atoms with E-state index in [-0.39, 0.29) is 28.8 Å². The van der Waals surface area contributed by atoms with Crippen molar-refractivity contribution < 1.29 is 18.7 Å². The predicted molar refractivity (Wildman–Crippen MR) is 74.4 cm³/mol. The van der Waals surface area contributed by atoms with Gasteiger partial charge in [-0.1, -0.05) is 25.4 Å². The van der Waals surface area contributed by atoms with Crippen molar-refractivity contribution in [1.82, 2.24) is 10.2 Å². The fourth-order valence-corrected chi connectivity index (χ4v) is 2.14. The van der Waals surface area contributed by atoms with Crippen molar-refractivity contribution in [3.8, 4) is 11.5 Å². The summed E-state index contributed by atoms with van der Waals surface area (Å²) < 4.78 is 19.2. The molecule has 112 valence electrons. The Hall–Kier alpha value is -1.95. The Morgan fingerprint density at radius 3 is 2.76 bits per heavy atom. The first-order valence-corrected chi connectivity index (χ1v) is 6.64. The second-order valence-corrected chi connectivity index (χ2v) is 5.97. The average molecular weight is 313 g/mol. The second kappa shape index (κ2) is 5.81. The summed E-state index contributed by atoms with van der Waals surface area (Å²) in [5.41, 5.74) is -0.372. The summed E-state index contributed by atoms with van der Waals surface area (Å²) in [7, 11) is 0. The highest BCUT2D eigenvalue weighted by Crippen LogP contribution is 2.28. The summed E-state index contributed by atoms with van der Waals surface area (Å²) in [6, 6.07) is 4.14. The summed E-state index contributed by atoms with van der Waals surface area (Å²) in [5, 5.41) is 16.8. The zero-order valence-electron chi connectivity index (χ0n) is 11.6. The molecule has 5 nitrogen and oxygen atoms in total. The van der Waals surface area contributed by atoms with Gasteiger partial charge < -0.3 is 9.52 Å². The van der Waals surface area contributed by atoms with Gasteiger partial charge in [0.1, 0.15) is 5.82 Å². The maximum Gasteiger partial charge on any atom is 0.303 e. The van der Waals surface area contributed by atoms with E-state index in [1.165, 1.54) is 12.1 Å². The molecule has 2 rings (SSSR count). The van der Waals surface area contributed by atoms with Crippen LogP contribution >= 0.6 is 11.6 Å². The van der Waals surface area contributed by atoms with E-state index in [0.717, 1.165) is 6.07 Å². The van der Waals surface area contributed by atoms with Crippen LogP contribution in [-0.2, 0) is 11.2 Å². The maximum atomic E-state index is 13.8. The smallest absolute Gasteiger partial charge is 0.303 e. The van der Waals surface area contributed by atoms with E-state index in [1.807, 2.05) is 0 Å². The molecule has 0 saturated carbocycles. The molecule has 0 aliphatic rings. The summed E-state index contributed by atoms with van der Waals surface area (Å²) >= 11 is 5.68. The standard InChI is InChI=1S/C14H14ClFN2O3/c1-14(2,7-12(19)20)6-11-17-18-13(21-11)9-4-3-8(15)5-10(9)16/h3-5H,6-7H2,1-2H3,(H,19,20). The third-order valence-corrected chi connectivity index (χ3v) is 3.12. The van der Waals surface area contributed by atoms with E-state index in [0.29, 0.717) is 6.42 Å². The van der Waals surface area contributed by atoms with Gasteiger partial charge in [0.25, 0.3) is 5.89 Å². The molecule has 2 aromatic rings. The molecule has 21 heavy (non-hydrogen) atoms. The van der Waals surface area contributed by atoms with Gasteiger partial charge in [0.15, 0.2) is 0 Å². The molecule has 1 heterocycles. The van der Waals surface area contributed by atoms with E-state index >= 15 is 0 Å². The van der Waals surface area contributed by atoms with E-state index in [9.17, 15) is 9.18 Å². The normalized spacial score (nSPS) is 11.6. The van der Waals surface area contributed by atoms with Crippen LogP contribution in [0.25, 0.3) is 11.5 Å². The molecule has 0 fully saturated rings. The zero-order valence-corrected chi connectivity index (χ0v) is 12.3. The van der Waals surface area contributed by atoms with E-state index in [2.05, 4.69) is 10.2 Å². The van der Waals surface area contributed by atoms with Crippen molar-refractivity contribution in [3.05, 3.63) is 34.9 Å². The SMILES string of the molecule is CC(C)(CC(=O)O)Cc1nnc(-c2ccc(Cl)cc2F)o1. The Kier molecular flexibility index (Phi) is 4.27. The largest absolute Gasteiger partial charge is 0.481 e. The van der Waals surface area contributed by atoms with Crippen molar-refractivity contribution in [2.45, 2.75) is 26.7 Å². The Balaban J connectivity index is 2.20. The lowest BCUT2D eigenvalue weighted by Gasteiger charge is -2.19. The van der Waals surface area contributed by atoms with Gasteiger partial charge in [-0.25, -0.2) is 4.39 Å². The average Bonchev–Trinajstić information content (AvgIpc) is 2.74. The number of hydrogen-bond acceptors (Lipinski definition) is 4. The van der Waals surface area contributed by atoms with Gasteiger partial charge in [0.05, 0.1) is 12.0 Å². The maximum absolute atomic E-state index is 13.8. The van der Waals surface area contributed by atoms with Gasteiger partial charge in [-0.3, -0.25) is 4.79 Å². The van der Waals surface area contributed by atoms with Crippen molar-refractivity contribution in [3.63, 3.8) is 0 Å². The molecule has 0 unspecified atom stereocenters. The summed E-state index contributed by atoms with van der Waals surface area (Å²) in [4.78, 5) is 10.8. The molecule has 0 atom stereocenters. The number of aliphatic carboxylic acids is 1. The van der Waals surface area contributed by atoms with Crippen LogP contribution in [0.4, 0.5) is 4.39 Å². The lowest BCUT2D eigenvalue weighted by Crippen LogP contribution is -2.19. The van der Waals surface area contributed by atoms with Crippen LogP contribution in [0.15, 0.2) is 22.6 Å². The first-order chi connectivity index (χ1) is 9.77. The van der Waals surface area contributed by atoms with Crippen molar-refractivity contribution >= 4 is 17.6 Å². The molecule has 1 N–H and O–H groups in total. The third kappa shape index (κ3) is 4.01.